The van der Waals surface area contributed by atoms with Gasteiger partial charge in [0.25, 0.3) is 5.91 Å². The molecule has 0 heterocycles. The minimum atomic E-state index is -0.0110. The fraction of sp³-hybridized carbons (Fsp3) is 0.533. The predicted molar refractivity (Wildman–Crippen MR) is 82.7 cm³/mol. The molecular weight excluding hydrogens is 326 g/mol. The van der Waals surface area contributed by atoms with Crippen molar-refractivity contribution in [3.05, 3.63) is 33.3 Å². The van der Waals surface area contributed by atoms with E-state index in [4.69, 9.17) is 11.6 Å². The highest BCUT2D eigenvalue weighted by Crippen LogP contribution is 2.24. The number of nitrogens with one attached hydrogen (secondary N) is 1. The van der Waals surface area contributed by atoms with Gasteiger partial charge in [0.15, 0.2) is 0 Å². The quantitative estimate of drug-likeness (QED) is 0.767. The number of amides is 1. The Hall–Kier alpha value is -0.540. The number of benzene rings is 1. The van der Waals surface area contributed by atoms with Crippen LogP contribution >= 0.6 is 27.5 Å². The van der Waals surface area contributed by atoms with E-state index in [-0.39, 0.29) is 5.91 Å². The fourth-order valence-electron chi connectivity index (χ4n) is 2.57. The SMILES string of the molecule is CC1CCCC(NC(=O)c2ccc(Cl)cc2Br)CC1. The van der Waals surface area contributed by atoms with Crippen molar-refractivity contribution in [3.63, 3.8) is 0 Å². The maximum absolute atomic E-state index is 12.3. The van der Waals surface area contributed by atoms with Crippen LogP contribution in [0.3, 0.4) is 0 Å². The third-order valence-corrected chi connectivity index (χ3v) is 4.66. The summed E-state index contributed by atoms with van der Waals surface area (Å²) in [5, 5.41) is 3.78. The van der Waals surface area contributed by atoms with Gasteiger partial charge < -0.3 is 5.32 Å². The molecule has 2 unspecified atom stereocenters. The highest BCUT2D eigenvalue weighted by Gasteiger charge is 2.19. The third-order valence-electron chi connectivity index (χ3n) is 3.77. The number of halogens is 2. The van der Waals surface area contributed by atoms with Gasteiger partial charge in [-0.05, 0) is 59.3 Å². The predicted octanol–water partition coefficient (Wildman–Crippen LogP) is 4.80. The van der Waals surface area contributed by atoms with Crippen molar-refractivity contribution in [1.82, 2.24) is 5.32 Å². The molecule has 0 bridgehead atoms. The molecule has 2 rings (SSSR count). The second-order valence-corrected chi connectivity index (χ2v) is 6.70. The molecule has 2 nitrogen and oxygen atoms in total. The number of rotatable bonds is 2. The van der Waals surface area contributed by atoms with E-state index in [0.29, 0.717) is 16.6 Å². The van der Waals surface area contributed by atoms with E-state index in [2.05, 4.69) is 28.2 Å². The van der Waals surface area contributed by atoms with Gasteiger partial charge in [0, 0.05) is 15.5 Å². The molecule has 1 amide bonds. The smallest absolute Gasteiger partial charge is 0.252 e. The standard InChI is InChI=1S/C15H19BrClNO/c1-10-3-2-4-12(7-5-10)18-15(19)13-8-6-11(17)9-14(13)16/h6,8-10,12H,2-5,7H2,1H3,(H,18,19). The van der Waals surface area contributed by atoms with Crippen LogP contribution in [-0.4, -0.2) is 11.9 Å². The van der Waals surface area contributed by atoms with Gasteiger partial charge in [-0.3, -0.25) is 4.79 Å². The van der Waals surface area contributed by atoms with E-state index in [1.807, 2.05) is 0 Å². The third kappa shape index (κ3) is 4.22. The number of hydrogen-bond donors (Lipinski definition) is 1. The lowest BCUT2D eigenvalue weighted by Gasteiger charge is -2.17. The molecule has 2 atom stereocenters. The summed E-state index contributed by atoms with van der Waals surface area (Å²) in [7, 11) is 0. The van der Waals surface area contributed by atoms with Crippen LogP contribution in [0.5, 0.6) is 0 Å². The zero-order valence-corrected chi connectivity index (χ0v) is 13.4. The Kier molecular flexibility index (Phi) is 5.28. The minimum absolute atomic E-state index is 0.0110. The van der Waals surface area contributed by atoms with E-state index in [1.54, 1.807) is 18.2 Å². The molecule has 0 radical (unpaired) electrons. The first-order valence-electron chi connectivity index (χ1n) is 6.82. The van der Waals surface area contributed by atoms with E-state index < -0.39 is 0 Å². The largest absolute Gasteiger partial charge is 0.349 e. The lowest BCUT2D eigenvalue weighted by molar-refractivity contribution is 0.0932. The van der Waals surface area contributed by atoms with Crippen LogP contribution in [-0.2, 0) is 0 Å². The molecule has 4 heteroatoms. The minimum Gasteiger partial charge on any atom is -0.349 e. The molecule has 0 spiro atoms. The topological polar surface area (TPSA) is 29.1 Å². The molecule has 1 aromatic rings. The van der Waals surface area contributed by atoms with Gasteiger partial charge in [0.2, 0.25) is 0 Å². The van der Waals surface area contributed by atoms with E-state index in [1.165, 1.54) is 19.3 Å². The molecule has 104 valence electrons. The fourth-order valence-corrected chi connectivity index (χ4v) is 3.43. The van der Waals surface area contributed by atoms with Crippen LogP contribution in [0.4, 0.5) is 0 Å². The molecule has 1 N–H and O–H groups in total. The van der Waals surface area contributed by atoms with Crippen LogP contribution < -0.4 is 5.32 Å². The summed E-state index contributed by atoms with van der Waals surface area (Å²) in [6.45, 7) is 2.29. The summed E-state index contributed by atoms with van der Waals surface area (Å²) in [6.07, 6.45) is 5.84. The Morgan fingerprint density at radius 3 is 2.84 bits per heavy atom. The lowest BCUT2D eigenvalue weighted by atomic mass is 10.0. The van der Waals surface area contributed by atoms with Gasteiger partial charge in [-0.15, -0.1) is 0 Å². The van der Waals surface area contributed by atoms with E-state index in [0.717, 1.165) is 23.2 Å². The molecule has 19 heavy (non-hydrogen) atoms. The van der Waals surface area contributed by atoms with Gasteiger partial charge in [0.05, 0.1) is 5.56 Å². The second-order valence-electron chi connectivity index (χ2n) is 5.41. The maximum Gasteiger partial charge on any atom is 0.252 e. The normalized spacial score (nSPS) is 23.7. The molecule has 1 fully saturated rings. The average Bonchev–Trinajstić information content (AvgIpc) is 2.54. The van der Waals surface area contributed by atoms with Crippen LogP contribution in [0.15, 0.2) is 22.7 Å². The maximum atomic E-state index is 12.3. The molecule has 0 aromatic heterocycles. The van der Waals surface area contributed by atoms with Crippen molar-refractivity contribution < 1.29 is 4.79 Å². The Morgan fingerprint density at radius 2 is 2.11 bits per heavy atom. The van der Waals surface area contributed by atoms with Crippen molar-refractivity contribution in [2.75, 3.05) is 0 Å². The molecule has 0 aliphatic heterocycles. The Labute approximate surface area is 128 Å². The van der Waals surface area contributed by atoms with Gasteiger partial charge >= 0.3 is 0 Å². The highest BCUT2D eigenvalue weighted by molar-refractivity contribution is 9.10. The van der Waals surface area contributed by atoms with Gasteiger partial charge in [-0.25, -0.2) is 0 Å². The number of carbonyl (C=O) groups is 1. The first kappa shape index (κ1) is 14.9. The Morgan fingerprint density at radius 1 is 1.32 bits per heavy atom. The summed E-state index contributed by atoms with van der Waals surface area (Å²) >= 11 is 9.28. The first-order chi connectivity index (χ1) is 9.06. The van der Waals surface area contributed by atoms with E-state index >= 15 is 0 Å². The van der Waals surface area contributed by atoms with Crippen LogP contribution in [0, 0.1) is 5.92 Å². The van der Waals surface area contributed by atoms with Crippen LogP contribution in [0.1, 0.15) is 49.4 Å². The number of hydrogen-bond acceptors (Lipinski definition) is 1. The summed E-state index contributed by atoms with van der Waals surface area (Å²) in [5.41, 5.74) is 0.654. The summed E-state index contributed by atoms with van der Waals surface area (Å²) in [6, 6.07) is 5.57. The van der Waals surface area contributed by atoms with Crippen molar-refractivity contribution >= 4 is 33.4 Å². The molecule has 1 aliphatic rings. The zero-order chi connectivity index (χ0) is 13.8. The number of carbonyl (C=O) groups excluding carboxylic acids is 1. The van der Waals surface area contributed by atoms with Crippen molar-refractivity contribution in [3.8, 4) is 0 Å². The van der Waals surface area contributed by atoms with E-state index in [9.17, 15) is 4.79 Å². The van der Waals surface area contributed by atoms with Gasteiger partial charge in [-0.2, -0.15) is 0 Å². The highest BCUT2D eigenvalue weighted by atomic mass is 79.9. The monoisotopic (exact) mass is 343 g/mol. The van der Waals surface area contributed by atoms with Crippen molar-refractivity contribution in [1.29, 1.82) is 0 Å². The average molecular weight is 345 g/mol. The first-order valence-corrected chi connectivity index (χ1v) is 7.99. The summed E-state index contributed by atoms with van der Waals surface area (Å²) in [4.78, 5) is 12.3. The second kappa shape index (κ2) is 6.76. The van der Waals surface area contributed by atoms with Gasteiger partial charge in [0.1, 0.15) is 0 Å². The Balaban J connectivity index is 2.00. The van der Waals surface area contributed by atoms with Gasteiger partial charge in [-0.1, -0.05) is 31.4 Å². The molecular formula is C15H19BrClNO. The van der Waals surface area contributed by atoms with Crippen LogP contribution in [0.25, 0.3) is 0 Å². The zero-order valence-electron chi connectivity index (χ0n) is 11.1. The van der Waals surface area contributed by atoms with Crippen molar-refractivity contribution in [2.45, 2.75) is 45.1 Å². The summed E-state index contributed by atoms with van der Waals surface area (Å²) in [5.74, 6) is 0.771. The lowest BCUT2D eigenvalue weighted by Crippen LogP contribution is -2.34. The summed E-state index contributed by atoms with van der Waals surface area (Å²) < 4.78 is 0.750. The molecule has 1 saturated carbocycles. The van der Waals surface area contributed by atoms with Crippen LogP contribution in [0.2, 0.25) is 5.02 Å². The Bertz CT molecular complexity index is 463. The molecule has 1 aliphatic carbocycles. The van der Waals surface area contributed by atoms with Crippen molar-refractivity contribution in [2.24, 2.45) is 5.92 Å². The molecule has 0 saturated heterocycles. The molecule has 1 aromatic carbocycles.